The molecular formula is C18H17BrN2. The van der Waals surface area contributed by atoms with E-state index in [1.807, 2.05) is 12.3 Å². The van der Waals surface area contributed by atoms with Crippen LogP contribution in [-0.2, 0) is 6.54 Å². The topological polar surface area (TPSA) is 24.9 Å². The molecule has 1 N–H and O–H groups in total. The van der Waals surface area contributed by atoms with Gasteiger partial charge in [-0.2, -0.15) is 0 Å². The van der Waals surface area contributed by atoms with Gasteiger partial charge in [0.1, 0.15) is 0 Å². The van der Waals surface area contributed by atoms with Crippen LogP contribution < -0.4 is 5.32 Å². The minimum absolute atomic E-state index is 0.303. The van der Waals surface area contributed by atoms with Crippen LogP contribution >= 0.6 is 15.9 Å². The largest absolute Gasteiger partial charge is 0.306 e. The molecule has 2 nitrogen and oxygen atoms in total. The van der Waals surface area contributed by atoms with Gasteiger partial charge in [0.05, 0.1) is 5.52 Å². The van der Waals surface area contributed by atoms with Crippen LogP contribution in [0.25, 0.3) is 10.9 Å². The van der Waals surface area contributed by atoms with Gasteiger partial charge in [-0.05, 0) is 36.2 Å². The zero-order chi connectivity index (χ0) is 14.7. The summed E-state index contributed by atoms with van der Waals surface area (Å²) in [5, 5.41) is 4.76. The predicted molar refractivity (Wildman–Crippen MR) is 91.1 cm³/mol. The molecule has 1 heterocycles. The van der Waals surface area contributed by atoms with Crippen LogP contribution in [0.5, 0.6) is 0 Å². The first-order valence-corrected chi connectivity index (χ1v) is 7.85. The fourth-order valence-corrected chi connectivity index (χ4v) is 2.71. The maximum atomic E-state index is 4.50. The minimum Gasteiger partial charge on any atom is -0.306 e. The quantitative estimate of drug-likeness (QED) is 0.734. The van der Waals surface area contributed by atoms with E-state index >= 15 is 0 Å². The molecule has 3 aromatic rings. The van der Waals surface area contributed by atoms with Crippen molar-refractivity contribution >= 4 is 26.8 Å². The maximum Gasteiger partial charge on any atom is 0.0746 e. The normalized spacial score (nSPS) is 12.5. The summed E-state index contributed by atoms with van der Waals surface area (Å²) >= 11 is 3.47. The van der Waals surface area contributed by atoms with Crippen molar-refractivity contribution in [1.82, 2.24) is 10.3 Å². The Balaban J connectivity index is 1.76. The van der Waals surface area contributed by atoms with Gasteiger partial charge in [-0.1, -0.05) is 52.3 Å². The Kier molecular flexibility index (Phi) is 4.32. The molecule has 0 aliphatic heterocycles. The van der Waals surface area contributed by atoms with E-state index in [0.717, 1.165) is 16.5 Å². The predicted octanol–water partition coefficient (Wildman–Crippen LogP) is 4.85. The standard InChI is InChI=1S/C18H17BrN2/c1-13(14-7-9-17(19)10-8-14)21-12-16-5-2-4-15-6-3-11-20-18(15)16/h2-11,13,21H,12H2,1H3. The molecule has 0 saturated carbocycles. The number of pyridine rings is 1. The molecule has 2 aromatic carbocycles. The van der Waals surface area contributed by atoms with Crippen LogP contribution in [-0.4, -0.2) is 4.98 Å². The number of benzene rings is 2. The van der Waals surface area contributed by atoms with Crippen molar-refractivity contribution in [2.24, 2.45) is 0 Å². The highest BCUT2D eigenvalue weighted by atomic mass is 79.9. The van der Waals surface area contributed by atoms with Gasteiger partial charge in [-0.3, -0.25) is 4.98 Å². The molecule has 0 fully saturated rings. The molecule has 3 heteroatoms. The van der Waals surface area contributed by atoms with Gasteiger partial charge in [-0.25, -0.2) is 0 Å². The Morgan fingerprint density at radius 3 is 2.62 bits per heavy atom. The second-order valence-corrected chi connectivity index (χ2v) is 6.06. The first-order chi connectivity index (χ1) is 10.2. The number of para-hydroxylation sites is 1. The smallest absolute Gasteiger partial charge is 0.0746 e. The summed E-state index contributed by atoms with van der Waals surface area (Å²) in [6.07, 6.45) is 1.85. The molecule has 1 atom stereocenters. The van der Waals surface area contributed by atoms with Crippen LogP contribution in [0.15, 0.2) is 65.3 Å². The number of fused-ring (bicyclic) bond motifs is 1. The molecule has 3 rings (SSSR count). The Labute approximate surface area is 133 Å². The fraction of sp³-hybridized carbons (Fsp3) is 0.167. The average Bonchev–Trinajstić information content (AvgIpc) is 2.53. The Hall–Kier alpha value is -1.71. The van der Waals surface area contributed by atoms with Crippen molar-refractivity contribution in [2.75, 3.05) is 0 Å². The monoisotopic (exact) mass is 340 g/mol. The third kappa shape index (κ3) is 3.31. The van der Waals surface area contributed by atoms with Crippen molar-refractivity contribution < 1.29 is 0 Å². The third-order valence-corrected chi connectivity index (χ3v) is 4.21. The Bertz CT molecular complexity index is 732. The number of hydrogen-bond donors (Lipinski definition) is 1. The number of halogens is 1. The van der Waals surface area contributed by atoms with Crippen LogP contribution in [0, 0.1) is 0 Å². The van der Waals surface area contributed by atoms with E-state index in [4.69, 9.17) is 0 Å². The highest BCUT2D eigenvalue weighted by Crippen LogP contribution is 2.19. The van der Waals surface area contributed by atoms with Crippen LogP contribution in [0.3, 0.4) is 0 Å². The third-order valence-electron chi connectivity index (χ3n) is 3.68. The van der Waals surface area contributed by atoms with Gasteiger partial charge < -0.3 is 5.32 Å². The lowest BCUT2D eigenvalue weighted by Crippen LogP contribution is -2.18. The molecule has 0 aliphatic rings. The molecule has 0 amide bonds. The summed E-state index contributed by atoms with van der Waals surface area (Å²) in [5.41, 5.74) is 3.60. The van der Waals surface area contributed by atoms with Gasteiger partial charge in [0.25, 0.3) is 0 Å². The SMILES string of the molecule is CC(NCc1cccc2cccnc12)c1ccc(Br)cc1. The molecule has 0 radical (unpaired) electrons. The molecule has 0 aliphatic carbocycles. The highest BCUT2D eigenvalue weighted by Gasteiger charge is 2.06. The van der Waals surface area contributed by atoms with E-state index in [1.54, 1.807) is 0 Å². The first-order valence-electron chi connectivity index (χ1n) is 7.05. The van der Waals surface area contributed by atoms with Crippen molar-refractivity contribution in [2.45, 2.75) is 19.5 Å². The lowest BCUT2D eigenvalue weighted by atomic mass is 10.1. The summed E-state index contributed by atoms with van der Waals surface area (Å²) in [4.78, 5) is 4.50. The molecule has 0 saturated heterocycles. The summed E-state index contributed by atoms with van der Waals surface area (Å²) < 4.78 is 1.11. The second kappa shape index (κ2) is 6.37. The maximum absolute atomic E-state index is 4.50. The van der Waals surface area contributed by atoms with Crippen molar-refractivity contribution in [3.8, 4) is 0 Å². The number of hydrogen-bond acceptors (Lipinski definition) is 2. The van der Waals surface area contributed by atoms with Gasteiger partial charge in [-0.15, -0.1) is 0 Å². The summed E-state index contributed by atoms with van der Waals surface area (Å²) in [5.74, 6) is 0. The van der Waals surface area contributed by atoms with Gasteiger partial charge in [0.2, 0.25) is 0 Å². The fourth-order valence-electron chi connectivity index (χ4n) is 2.44. The summed E-state index contributed by atoms with van der Waals surface area (Å²) in [6, 6.07) is 19.1. The summed E-state index contributed by atoms with van der Waals surface area (Å²) in [6.45, 7) is 2.99. The van der Waals surface area contributed by atoms with Crippen molar-refractivity contribution in [3.63, 3.8) is 0 Å². The second-order valence-electron chi connectivity index (χ2n) is 5.15. The van der Waals surface area contributed by atoms with Gasteiger partial charge >= 0.3 is 0 Å². The molecule has 0 spiro atoms. The van der Waals surface area contributed by atoms with Crippen LogP contribution in [0.4, 0.5) is 0 Å². The number of nitrogens with one attached hydrogen (secondary N) is 1. The van der Waals surface area contributed by atoms with E-state index in [0.29, 0.717) is 6.04 Å². The molecule has 21 heavy (non-hydrogen) atoms. The van der Waals surface area contributed by atoms with Gasteiger partial charge in [0, 0.05) is 28.6 Å². The zero-order valence-corrected chi connectivity index (χ0v) is 13.5. The molecule has 0 bridgehead atoms. The van der Waals surface area contributed by atoms with E-state index in [9.17, 15) is 0 Å². The molecule has 1 aromatic heterocycles. The van der Waals surface area contributed by atoms with E-state index in [2.05, 4.69) is 81.7 Å². The van der Waals surface area contributed by atoms with E-state index < -0.39 is 0 Å². The summed E-state index contributed by atoms with van der Waals surface area (Å²) in [7, 11) is 0. The van der Waals surface area contributed by atoms with E-state index in [1.165, 1.54) is 16.5 Å². The van der Waals surface area contributed by atoms with Crippen LogP contribution in [0.1, 0.15) is 24.1 Å². The minimum atomic E-state index is 0.303. The first kappa shape index (κ1) is 14.2. The average molecular weight is 341 g/mol. The lowest BCUT2D eigenvalue weighted by molar-refractivity contribution is 0.576. The molecular weight excluding hydrogens is 324 g/mol. The van der Waals surface area contributed by atoms with Crippen molar-refractivity contribution in [1.29, 1.82) is 0 Å². The number of nitrogens with zero attached hydrogens (tertiary/aromatic N) is 1. The molecule has 1 unspecified atom stereocenters. The Morgan fingerprint density at radius 2 is 1.81 bits per heavy atom. The highest BCUT2D eigenvalue weighted by molar-refractivity contribution is 9.10. The molecule has 106 valence electrons. The van der Waals surface area contributed by atoms with Crippen LogP contribution in [0.2, 0.25) is 0 Å². The lowest BCUT2D eigenvalue weighted by Gasteiger charge is -2.15. The Morgan fingerprint density at radius 1 is 1.05 bits per heavy atom. The van der Waals surface area contributed by atoms with E-state index in [-0.39, 0.29) is 0 Å². The van der Waals surface area contributed by atoms with Crippen molar-refractivity contribution in [3.05, 3.63) is 76.4 Å². The zero-order valence-electron chi connectivity index (χ0n) is 11.9. The van der Waals surface area contributed by atoms with Gasteiger partial charge in [0.15, 0.2) is 0 Å². The number of aromatic nitrogens is 1. The number of rotatable bonds is 4.